The number of rotatable bonds is 6. The summed E-state index contributed by atoms with van der Waals surface area (Å²) in [7, 11) is 0. The van der Waals surface area contributed by atoms with Crippen molar-refractivity contribution in [2.45, 2.75) is 19.2 Å². The fourth-order valence-corrected chi connectivity index (χ4v) is 2.65. The van der Waals surface area contributed by atoms with E-state index in [0.29, 0.717) is 6.54 Å². The predicted octanol–water partition coefficient (Wildman–Crippen LogP) is 2.72. The lowest BCUT2D eigenvalue weighted by molar-refractivity contribution is 0.231. The number of aromatic hydroxyl groups is 1. The second-order valence-electron chi connectivity index (χ2n) is 5.66. The number of aliphatic hydroxyl groups is 1. The van der Waals surface area contributed by atoms with E-state index in [2.05, 4.69) is 5.32 Å². The molecule has 5 nitrogen and oxygen atoms in total. The minimum absolute atomic E-state index is 0.0960. The summed E-state index contributed by atoms with van der Waals surface area (Å²) in [5.41, 5.74) is 1.32. The van der Waals surface area contributed by atoms with Crippen molar-refractivity contribution < 1.29 is 14.6 Å². The van der Waals surface area contributed by atoms with E-state index in [1.165, 1.54) is 0 Å². The van der Waals surface area contributed by atoms with Gasteiger partial charge in [-0.05, 0) is 11.1 Å². The number of benzene rings is 2. The maximum Gasteiger partial charge on any atom is 0.227 e. The molecule has 3 aromatic rings. The Morgan fingerprint density at radius 2 is 1.64 bits per heavy atom. The van der Waals surface area contributed by atoms with E-state index >= 15 is 0 Å². The molecule has 0 amide bonds. The van der Waals surface area contributed by atoms with Crippen molar-refractivity contribution in [1.29, 1.82) is 0 Å². The van der Waals surface area contributed by atoms with E-state index in [9.17, 15) is 15.0 Å². The quantitative estimate of drug-likeness (QED) is 0.644. The Balaban J connectivity index is 2.00. The number of hydrogen-bond acceptors (Lipinski definition) is 5. The lowest BCUT2D eigenvalue weighted by atomic mass is 10.0. The summed E-state index contributed by atoms with van der Waals surface area (Å²) < 4.78 is 5.58. The van der Waals surface area contributed by atoms with Crippen LogP contribution >= 0.6 is 0 Å². The molecule has 0 fully saturated rings. The summed E-state index contributed by atoms with van der Waals surface area (Å²) in [6.07, 6.45) is 0. The largest absolute Gasteiger partial charge is 0.502 e. The molecule has 128 valence electrons. The van der Waals surface area contributed by atoms with Gasteiger partial charge in [-0.1, -0.05) is 60.7 Å². The average molecular weight is 337 g/mol. The topological polar surface area (TPSA) is 82.7 Å². The molecule has 0 saturated heterocycles. The first-order valence-corrected chi connectivity index (χ1v) is 7.98. The molecule has 3 N–H and O–H groups in total. The summed E-state index contributed by atoms with van der Waals surface area (Å²) in [4.78, 5) is 12.0. The maximum atomic E-state index is 12.0. The molecular formula is C20H19NO4. The second kappa shape index (κ2) is 7.79. The second-order valence-corrected chi connectivity index (χ2v) is 5.66. The van der Waals surface area contributed by atoms with Gasteiger partial charge in [0.15, 0.2) is 5.76 Å². The molecule has 0 bridgehead atoms. The van der Waals surface area contributed by atoms with Gasteiger partial charge in [-0.25, -0.2) is 0 Å². The van der Waals surface area contributed by atoms with Crippen molar-refractivity contribution in [2.75, 3.05) is 0 Å². The van der Waals surface area contributed by atoms with Crippen LogP contribution < -0.4 is 10.7 Å². The normalized spacial score (nSPS) is 12.0. The molecule has 0 aliphatic carbocycles. The first kappa shape index (κ1) is 17.0. The van der Waals surface area contributed by atoms with Gasteiger partial charge in [0, 0.05) is 12.6 Å². The molecule has 1 aromatic heterocycles. The highest BCUT2D eigenvalue weighted by molar-refractivity contribution is 5.35. The minimum atomic E-state index is -0.576. The van der Waals surface area contributed by atoms with Crippen LogP contribution in [0.1, 0.15) is 28.7 Å². The van der Waals surface area contributed by atoms with Crippen LogP contribution in [0.3, 0.4) is 0 Å². The lowest BCUT2D eigenvalue weighted by Gasteiger charge is -2.20. The van der Waals surface area contributed by atoms with E-state index < -0.39 is 23.8 Å². The standard InChI is InChI=1S/C20H19NO4/c22-13-16-11-17(23)19(24)20(25-16)18(15-9-5-2-6-10-15)21-12-14-7-3-1-4-8-14/h1-11,18,21-22,24H,12-13H2. The SMILES string of the molecule is O=c1cc(CO)oc(C(NCc2ccccc2)c2ccccc2)c1O. The Kier molecular flexibility index (Phi) is 5.28. The molecule has 0 saturated carbocycles. The molecule has 3 rings (SSSR count). The van der Waals surface area contributed by atoms with Gasteiger partial charge in [0.25, 0.3) is 0 Å². The molecule has 0 radical (unpaired) electrons. The van der Waals surface area contributed by atoms with Crippen LogP contribution in [0.4, 0.5) is 0 Å². The molecule has 0 spiro atoms. The van der Waals surface area contributed by atoms with Crippen LogP contribution in [-0.4, -0.2) is 10.2 Å². The Bertz CT molecular complexity index is 875. The summed E-state index contributed by atoms with van der Waals surface area (Å²) >= 11 is 0. The van der Waals surface area contributed by atoms with Gasteiger partial charge in [-0.3, -0.25) is 10.1 Å². The van der Waals surface area contributed by atoms with Crippen molar-refractivity contribution in [3.05, 3.63) is 99.6 Å². The zero-order valence-corrected chi connectivity index (χ0v) is 13.6. The highest BCUT2D eigenvalue weighted by Crippen LogP contribution is 2.28. The molecule has 1 heterocycles. The van der Waals surface area contributed by atoms with Crippen LogP contribution in [-0.2, 0) is 13.2 Å². The van der Waals surface area contributed by atoms with Crippen LogP contribution in [0.5, 0.6) is 5.75 Å². The summed E-state index contributed by atoms with van der Waals surface area (Å²) in [5, 5.41) is 22.8. The third kappa shape index (κ3) is 3.96. The summed E-state index contributed by atoms with van der Waals surface area (Å²) in [6.45, 7) is 0.107. The van der Waals surface area contributed by atoms with Crippen LogP contribution in [0.2, 0.25) is 0 Å². The van der Waals surface area contributed by atoms with E-state index in [-0.39, 0.29) is 11.5 Å². The fraction of sp³-hybridized carbons (Fsp3) is 0.150. The minimum Gasteiger partial charge on any atom is -0.502 e. The summed E-state index contributed by atoms with van der Waals surface area (Å²) in [6, 6.07) is 19.8. The smallest absolute Gasteiger partial charge is 0.227 e. The molecule has 1 unspecified atom stereocenters. The van der Waals surface area contributed by atoms with Crippen molar-refractivity contribution in [1.82, 2.24) is 5.32 Å². The molecule has 2 aromatic carbocycles. The first-order valence-electron chi connectivity index (χ1n) is 7.98. The number of aliphatic hydroxyl groups excluding tert-OH is 1. The predicted molar refractivity (Wildman–Crippen MR) is 94.1 cm³/mol. The number of nitrogens with one attached hydrogen (secondary N) is 1. The highest BCUT2D eigenvalue weighted by Gasteiger charge is 2.23. The number of hydrogen-bond donors (Lipinski definition) is 3. The van der Waals surface area contributed by atoms with Crippen molar-refractivity contribution in [3.8, 4) is 5.75 Å². The van der Waals surface area contributed by atoms with E-state index in [0.717, 1.165) is 17.2 Å². The van der Waals surface area contributed by atoms with Gasteiger partial charge in [0.1, 0.15) is 12.4 Å². The van der Waals surface area contributed by atoms with Crippen molar-refractivity contribution in [3.63, 3.8) is 0 Å². The van der Waals surface area contributed by atoms with Gasteiger partial charge in [-0.15, -0.1) is 0 Å². The molecule has 5 heteroatoms. The van der Waals surface area contributed by atoms with E-state index in [1.807, 2.05) is 60.7 Å². The Morgan fingerprint density at radius 1 is 1.00 bits per heavy atom. The lowest BCUT2D eigenvalue weighted by Crippen LogP contribution is -2.23. The molecule has 1 atom stereocenters. The van der Waals surface area contributed by atoms with Gasteiger partial charge in [0.2, 0.25) is 11.2 Å². The zero-order valence-electron chi connectivity index (χ0n) is 13.6. The van der Waals surface area contributed by atoms with E-state index in [4.69, 9.17) is 4.42 Å². The first-order chi connectivity index (χ1) is 12.2. The monoisotopic (exact) mass is 337 g/mol. The third-order valence-electron chi connectivity index (χ3n) is 3.90. The van der Waals surface area contributed by atoms with Crippen LogP contribution in [0.15, 0.2) is 75.9 Å². The molecule has 0 aliphatic rings. The van der Waals surface area contributed by atoms with Crippen molar-refractivity contribution in [2.24, 2.45) is 0 Å². The fourth-order valence-electron chi connectivity index (χ4n) is 2.65. The van der Waals surface area contributed by atoms with Gasteiger partial charge in [0.05, 0.1) is 6.04 Å². The van der Waals surface area contributed by atoms with Gasteiger partial charge >= 0.3 is 0 Å². The zero-order chi connectivity index (χ0) is 17.6. The molecule has 25 heavy (non-hydrogen) atoms. The summed E-state index contributed by atoms with van der Waals surface area (Å²) in [5.74, 6) is -0.245. The van der Waals surface area contributed by atoms with Crippen molar-refractivity contribution >= 4 is 0 Å². The Labute approximate surface area is 145 Å². The van der Waals surface area contributed by atoms with Crippen LogP contribution in [0, 0.1) is 0 Å². The molecular weight excluding hydrogens is 318 g/mol. The van der Waals surface area contributed by atoms with Crippen LogP contribution in [0.25, 0.3) is 0 Å². The third-order valence-corrected chi connectivity index (χ3v) is 3.90. The van der Waals surface area contributed by atoms with E-state index in [1.54, 1.807) is 0 Å². The molecule has 0 aliphatic heterocycles. The maximum absolute atomic E-state index is 12.0. The Hall–Kier alpha value is -2.89. The van der Waals surface area contributed by atoms with Gasteiger partial charge in [-0.2, -0.15) is 0 Å². The average Bonchev–Trinajstić information content (AvgIpc) is 2.66. The highest BCUT2D eigenvalue weighted by atomic mass is 16.4. The van der Waals surface area contributed by atoms with Gasteiger partial charge < -0.3 is 14.6 Å². The Morgan fingerprint density at radius 3 is 2.28 bits per heavy atom.